The molecule has 1 aromatic rings. The highest BCUT2D eigenvalue weighted by atomic mass is 16.5. The molecule has 0 spiro atoms. The van der Waals surface area contributed by atoms with Crippen LogP contribution in [0.1, 0.15) is 68.7 Å². The van der Waals surface area contributed by atoms with Crippen LogP contribution in [0.2, 0.25) is 0 Å². The molecule has 1 saturated heterocycles. The van der Waals surface area contributed by atoms with E-state index in [1.165, 1.54) is 22.3 Å². The molecule has 144 valence electrons. The summed E-state index contributed by atoms with van der Waals surface area (Å²) < 4.78 is 11.2. The summed E-state index contributed by atoms with van der Waals surface area (Å²) in [5.41, 5.74) is 5.80. The van der Waals surface area contributed by atoms with Gasteiger partial charge in [0.25, 0.3) is 0 Å². The number of nitrogens with zero attached hydrogens (tertiary/aromatic N) is 1. The monoisotopic (exact) mass is 359 g/mol. The number of rotatable bonds is 4. The van der Waals surface area contributed by atoms with E-state index in [9.17, 15) is 4.79 Å². The van der Waals surface area contributed by atoms with Crippen molar-refractivity contribution in [1.82, 2.24) is 4.90 Å². The number of esters is 1. The van der Waals surface area contributed by atoms with Crippen molar-refractivity contribution in [3.63, 3.8) is 0 Å². The van der Waals surface area contributed by atoms with Gasteiger partial charge in [0.15, 0.2) is 0 Å². The Kier molecular flexibility index (Phi) is 5.61. The molecule has 4 nitrogen and oxygen atoms in total. The summed E-state index contributed by atoms with van der Waals surface area (Å²) in [5.74, 6) is 1.61. The average Bonchev–Trinajstić information content (AvgIpc) is 3.03. The van der Waals surface area contributed by atoms with Crippen LogP contribution in [-0.4, -0.2) is 43.7 Å². The first-order chi connectivity index (χ1) is 12.3. The number of ether oxygens (including phenoxy) is 2. The van der Waals surface area contributed by atoms with Crippen molar-refractivity contribution in [2.24, 2.45) is 0 Å². The molecule has 0 aromatic heterocycles. The standard InChI is InChI=1S/C22H33NO3/c1-6-25-19(24)14-23-10-7-16(8-11-23)20-15(2)13-18(22(3,4)5)21-17(20)9-12-26-21/h13,16H,6-12,14H2,1-5H3. The zero-order valence-electron chi connectivity index (χ0n) is 17.0. The van der Waals surface area contributed by atoms with Gasteiger partial charge in [-0.3, -0.25) is 9.69 Å². The first-order valence-electron chi connectivity index (χ1n) is 9.99. The van der Waals surface area contributed by atoms with Gasteiger partial charge in [-0.15, -0.1) is 0 Å². The van der Waals surface area contributed by atoms with Crippen LogP contribution in [0.3, 0.4) is 0 Å². The number of aryl methyl sites for hydroxylation is 1. The van der Waals surface area contributed by atoms with Gasteiger partial charge in [-0.1, -0.05) is 26.8 Å². The molecular weight excluding hydrogens is 326 g/mol. The van der Waals surface area contributed by atoms with Crippen LogP contribution < -0.4 is 4.74 Å². The summed E-state index contributed by atoms with van der Waals surface area (Å²) >= 11 is 0. The van der Waals surface area contributed by atoms with Crippen molar-refractivity contribution in [2.45, 2.75) is 65.2 Å². The lowest BCUT2D eigenvalue weighted by molar-refractivity contribution is -0.144. The lowest BCUT2D eigenvalue weighted by Crippen LogP contribution is -2.37. The van der Waals surface area contributed by atoms with E-state index >= 15 is 0 Å². The van der Waals surface area contributed by atoms with Crippen molar-refractivity contribution >= 4 is 5.97 Å². The smallest absolute Gasteiger partial charge is 0.320 e. The zero-order chi connectivity index (χ0) is 18.9. The molecule has 1 aromatic carbocycles. The predicted molar refractivity (Wildman–Crippen MR) is 104 cm³/mol. The molecule has 0 radical (unpaired) electrons. The van der Waals surface area contributed by atoms with Gasteiger partial charge in [-0.05, 0) is 62.2 Å². The van der Waals surface area contributed by atoms with Crippen molar-refractivity contribution < 1.29 is 14.3 Å². The molecule has 2 aliphatic rings. The number of carbonyl (C=O) groups excluding carboxylic acids is 1. The molecular formula is C22H33NO3. The van der Waals surface area contributed by atoms with Gasteiger partial charge in [-0.25, -0.2) is 0 Å². The Morgan fingerprint density at radius 3 is 2.62 bits per heavy atom. The van der Waals surface area contributed by atoms with Crippen molar-refractivity contribution in [3.8, 4) is 5.75 Å². The summed E-state index contributed by atoms with van der Waals surface area (Å²) in [5, 5.41) is 0. The van der Waals surface area contributed by atoms with Crippen LogP contribution >= 0.6 is 0 Å². The summed E-state index contributed by atoms with van der Waals surface area (Å²) in [7, 11) is 0. The Labute approximate surface area is 157 Å². The van der Waals surface area contributed by atoms with E-state index in [0.29, 0.717) is 19.1 Å². The minimum absolute atomic E-state index is 0.0979. The highest BCUT2D eigenvalue weighted by Crippen LogP contribution is 2.44. The lowest BCUT2D eigenvalue weighted by Gasteiger charge is -2.34. The maximum absolute atomic E-state index is 11.7. The topological polar surface area (TPSA) is 38.8 Å². The minimum Gasteiger partial charge on any atom is -0.493 e. The molecule has 0 N–H and O–H groups in total. The van der Waals surface area contributed by atoms with Crippen LogP contribution in [0.15, 0.2) is 6.07 Å². The fraction of sp³-hybridized carbons (Fsp3) is 0.682. The number of hydrogen-bond donors (Lipinski definition) is 0. The third kappa shape index (κ3) is 3.90. The number of likely N-dealkylation sites (tertiary alicyclic amines) is 1. The van der Waals surface area contributed by atoms with E-state index in [1.54, 1.807) is 0 Å². The number of piperidine rings is 1. The quantitative estimate of drug-likeness (QED) is 0.763. The fourth-order valence-electron chi connectivity index (χ4n) is 4.45. The maximum atomic E-state index is 11.7. The second-order valence-corrected chi connectivity index (χ2v) is 8.67. The third-order valence-corrected chi connectivity index (χ3v) is 5.69. The number of fused-ring (bicyclic) bond motifs is 1. The highest BCUT2D eigenvalue weighted by Gasteiger charge is 2.32. The molecule has 0 aliphatic carbocycles. The first kappa shape index (κ1) is 19.2. The Hall–Kier alpha value is -1.55. The normalized spacial score (nSPS) is 18.5. The molecule has 0 saturated carbocycles. The van der Waals surface area contributed by atoms with E-state index in [1.807, 2.05) is 6.92 Å². The van der Waals surface area contributed by atoms with Gasteiger partial charge in [0, 0.05) is 17.5 Å². The largest absolute Gasteiger partial charge is 0.493 e. The molecule has 4 heteroatoms. The van der Waals surface area contributed by atoms with Crippen molar-refractivity contribution in [2.75, 3.05) is 32.8 Å². The molecule has 3 rings (SSSR count). The summed E-state index contributed by atoms with van der Waals surface area (Å²) in [4.78, 5) is 13.9. The van der Waals surface area contributed by atoms with Crippen molar-refractivity contribution in [3.05, 3.63) is 28.3 Å². The zero-order valence-corrected chi connectivity index (χ0v) is 17.0. The third-order valence-electron chi connectivity index (χ3n) is 5.69. The lowest BCUT2D eigenvalue weighted by atomic mass is 9.78. The minimum atomic E-state index is -0.106. The summed E-state index contributed by atoms with van der Waals surface area (Å²) in [6.07, 6.45) is 3.22. The van der Waals surface area contributed by atoms with E-state index in [4.69, 9.17) is 9.47 Å². The Balaban J connectivity index is 1.77. The molecule has 0 unspecified atom stereocenters. The Morgan fingerprint density at radius 1 is 1.31 bits per heavy atom. The summed E-state index contributed by atoms with van der Waals surface area (Å²) in [6, 6.07) is 2.35. The first-order valence-corrected chi connectivity index (χ1v) is 9.99. The van der Waals surface area contributed by atoms with Gasteiger partial charge in [0.1, 0.15) is 5.75 Å². The molecule has 2 heterocycles. The van der Waals surface area contributed by atoms with Crippen LogP contribution in [0.4, 0.5) is 0 Å². The van der Waals surface area contributed by atoms with E-state index in [0.717, 1.165) is 44.7 Å². The molecule has 2 aliphatic heterocycles. The Bertz CT molecular complexity index is 667. The summed E-state index contributed by atoms with van der Waals surface area (Å²) in [6.45, 7) is 14.5. The van der Waals surface area contributed by atoms with Gasteiger partial charge in [0.05, 0.1) is 19.8 Å². The fourth-order valence-corrected chi connectivity index (χ4v) is 4.45. The van der Waals surface area contributed by atoms with E-state index in [-0.39, 0.29) is 11.4 Å². The van der Waals surface area contributed by atoms with Gasteiger partial charge in [0.2, 0.25) is 0 Å². The maximum Gasteiger partial charge on any atom is 0.320 e. The second kappa shape index (κ2) is 7.59. The van der Waals surface area contributed by atoms with E-state index in [2.05, 4.69) is 38.7 Å². The predicted octanol–water partition coefficient (Wildman–Crippen LogP) is 3.97. The molecule has 0 atom stereocenters. The number of carbonyl (C=O) groups is 1. The van der Waals surface area contributed by atoms with Crippen molar-refractivity contribution in [1.29, 1.82) is 0 Å². The van der Waals surface area contributed by atoms with Gasteiger partial charge < -0.3 is 9.47 Å². The number of hydrogen-bond acceptors (Lipinski definition) is 4. The molecule has 0 bridgehead atoms. The number of benzene rings is 1. The average molecular weight is 360 g/mol. The van der Waals surface area contributed by atoms with Gasteiger partial charge >= 0.3 is 5.97 Å². The second-order valence-electron chi connectivity index (χ2n) is 8.67. The van der Waals surface area contributed by atoms with Gasteiger partial charge in [-0.2, -0.15) is 0 Å². The van der Waals surface area contributed by atoms with Crippen LogP contribution in [0.5, 0.6) is 5.75 Å². The SMILES string of the molecule is CCOC(=O)CN1CCC(c2c(C)cc(C(C)(C)C)c3c2CCO3)CC1. The Morgan fingerprint density at radius 2 is 2.00 bits per heavy atom. The molecule has 26 heavy (non-hydrogen) atoms. The highest BCUT2D eigenvalue weighted by molar-refractivity contribution is 5.71. The molecule has 1 fully saturated rings. The van der Waals surface area contributed by atoms with Crippen LogP contribution in [0, 0.1) is 6.92 Å². The van der Waals surface area contributed by atoms with E-state index < -0.39 is 0 Å². The van der Waals surface area contributed by atoms with Crippen LogP contribution in [0.25, 0.3) is 0 Å². The van der Waals surface area contributed by atoms with Crippen LogP contribution in [-0.2, 0) is 21.4 Å². The molecule has 0 amide bonds.